The number of guanidine groups is 1. The fourth-order valence-corrected chi connectivity index (χ4v) is 3.18. The van der Waals surface area contributed by atoms with Gasteiger partial charge in [-0.05, 0) is 38.9 Å². The van der Waals surface area contributed by atoms with E-state index in [4.69, 9.17) is 15.2 Å². The van der Waals surface area contributed by atoms with Gasteiger partial charge >= 0.3 is 0 Å². The summed E-state index contributed by atoms with van der Waals surface area (Å²) in [6.07, 6.45) is 2.46. The van der Waals surface area contributed by atoms with Gasteiger partial charge in [0.05, 0.1) is 26.3 Å². The smallest absolute Gasteiger partial charge is 0.188 e. The van der Waals surface area contributed by atoms with E-state index in [9.17, 15) is 0 Å². The van der Waals surface area contributed by atoms with Crippen LogP contribution < -0.4 is 15.8 Å². The lowest BCUT2D eigenvalue weighted by molar-refractivity contribution is 0.179. The SMILES string of the molecule is COC[C@H](C)NC(N)=NC[C@@H](c1ccccc1OC)N1CCCC1. The molecule has 1 fully saturated rings. The highest BCUT2D eigenvalue weighted by Crippen LogP contribution is 2.31. The van der Waals surface area contributed by atoms with Gasteiger partial charge in [-0.25, -0.2) is 0 Å². The third-order valence-corrected chi connectivity index (χ3v) is 4.32. The Balaban J connectivity index is 2.12. The number of aliphatic imine (C=N–C) groups is 1. The number of nitrogens with zero attached hydrogens (tertiary/aromatic N) is 2. The minimum absolute atomic E-state index is 0.134. The summed E-state index contributed by atoms with van der Waals surface area (Å²) in [5.74, 6) is 1.36. The predicted octanol–water partition coefficient (Wildman–Crippen LogP) is 1.77. The lowest BCUT2D eigenvalue weighted by Crippen LogP contribution is -2.41. The first-order valence-corrected chi connectivity index (χ1v) is 8.58. The second kappa shape index (κ2) is 9.49. The van der Waals surface area contributed by atoms with Gasteiger partial charge in [-0.3, -0.25) is 9.89 Å². The Hall–Kier alpha value is -1.79. The summed E-state index contributed by atoms with van der Waals surface area (Å²) in [7, 11) is 3.39. The number of para-hydroxylation sites is 1. The minimum Gasteiger partial charge on any atom is -0.496 e. The molecule has 0 bridgehead atoms. The number of ether oxygens (including phenoxy) is 2. The minimum atomic E-state index is 0.134. The van der Waals surface area contributed by atoms with Crippen molar-refractivity contribution in [3.8, 4) is 5.75 Å². The number of benzene rings is 1. The van der Waals surface area contributed by atoms with Crippen LogP contribution in [0.25, 0.3) is 0 Å². The van der Waals surface area contributed by atoms with Crippen LogP contribution in [0.4, 0.5) is 0 Å². The number of likely N-dealkylation sites (tertiary alicyclic amines) is 1. The van der Waals surface area contributed by atoms with Gasteiger partial charge < -0.3 is 20.5 Å². The average Bonchev–Trinajstić information content (AvgIpc) is 3.10. The van der Waals surface area contributed by atoms with Crippen LogP contribution in [0.15, 0.2) is 29.3 Å². The van der Waals surface area contributed by atoms with E-state index in [2.05, 4.69) is 21.3 Å². The first kappa shape index (κ1) is 18.5. The standard InChI is InChI=1S/C18H30N4O2/c1-14(13-23-2)21-18(19)20-12-16(22-10-6-7-11-22)15-8-4-5-9-17(15)24-3/h4-5,8-9,14,16H,6-7,10-13H2,1-3H3,(H3,19,20,21)/t14-,16-/m0/s1. The fourth-order valence-electron chi connectivity index (χ4n) is 3.18. The monoisotopic (exact) mass is 334 g/mol. The normalized spacial score (nSPS) is 18.4. The zero-order chi connectivity index (χ0) is 17.4. The molecule has 134 valence electrons. The Morgan fingerprint density at radius 2 is 2.00 bits per heavy atom. The summed E-state index contributed by atoms with van der Waals surface area (Å²) in [5.41, 5.74) is 7.20. The topological polar surface area (TPSA) is 72.1 Å². The lowest BCUT2D eigenvalue weighted by Gasteiger charge is -2.28. The number of nitrogens with one attached hydrogen (secondary N) is 1. The lowest BCUT2D eigenvalue weighted by atomic mass is 10.0. The van der Waals surface area contributed by atoms with E-state index in [1.807, 2.05) is 25.1 Å². The van der Waals surface area contributed by atoms with E-state index in [0.717, 1.165) is 18.8 Å². The summed E-state index contributed by atoms with van der Waals surface area (Å²) in [6, 6.07) is 8.48. The molecular weight excluding hydrogens is 304 g/mol. The van der Waals surface area contributed by atoms with Gasteiger partial charge in [0.1, 0.15) is 5.75 Å². The molecule has 6 heteroatoms. The Kier molecular flexibility index (Phi) is 7.34. The second-order valence-electron chi connectivity index (χ2n) is 6.23. The zero-order valence-electron chi connectivity index (χ0n) is 15.0. The van der Waals surface area contributed by atoms with Crippen molar-refractivity contribution in [2.75, 3.05) is 40.5 Å². The maximum Gasteiger partial charge on any atom is 0.188 e. The first-order chi connectivity index (χ1) is 11.7. The van der Waals surface area contributed by atoms with E-state index < -0.39 is 0 Å². The van der Waals surface area contributed by atoms with E-state index in [-0.39, 0.29) is 12.1 Å². The molecule has 1 heterocycles. The maximum atomic E-state index is 6.03. The highest BCUT2D eigenvalue weighted by Gasteiger charge is 2.25. The Morgan fingerprint density at radius 3 is 2.67 bits per heavy atom. The Morgan fingerprint density at radius 1 is 1.29 bits per heavy atom. The molecule has 1 saturated heterocycles. The number of hydrogen-bond donors (Lipinski definition) is 2. The van der Waals surface area contributed by atoms with Gasteiger partial charge in [-0.2, -0.15) is 0 Å². The van der Waals surface area contributed by atoms with Gasteiger partial charge in [0.15, 0.2) is 5.96 Å². The third kappa shape index (κ3) is 5.11. The van der Waals surface area contributed by atoms with Crippen molar-refractivity contribution >= 4 is 5.96 Å². The number of nitrogens with two attached hydrogens (primary N) is 1. The quantitative estimate of drug-likeness (QED) is 0.560. The Bertz CT molecular complexity index is 530. The predicted molar refractivity (Wildman–Crippen MR) is 97.5 cm³/mol. The van der Waals surface area contributed by atoms with Crippen LogP contribution >= 0.6 is 0 Å². The molecule has 24 heavy (non-hydrogen) atoms. The van der Waals surface area contributed by atoms with Crippen LogP contribution in [-0.2, 0) is 4.74 Å². The molecule has 1 aromatic carbocycles. The summed E-state index contributed by atoms with van der Waals surface area (Å²) in [5, 5.41) is 3.16. The highest BCUT2D eigenvalue weighted by atomic mass is 16.5. The molecule has 0 aromatic heterocycles. The van der Waals surface area contributed by atoms with Crippen molar-refractivity contribution < 1.29 is 9.47 Å². The Labute approximate surface area is 145 Å². The molecule has 1 aliphatic rings. The molecule has 0 radical (unpaired) electrons. The van der Waals surface area contributed by atoms with Gasteiger partial charge in [0, 0.05) is 18.7 Å². The van der Waals surface area contributed by atoms with Gasteiger partial charge in [0.25, 0.3) is 0 Å². The van der Waals surface area contributed by atoms with Crippen LogP contribution in [0.3, 0.4) is 0 Å². The largest absolute Gasteiger partial charge is 0.496 e. The zero-order valence-corrected chi connectivity index (χ0v) is 15.0. The molecule has 0 unspecified atom stereocenters. The molecular formula is C18H30N4O2. The molecule has 0 spiro atoms. The molecule has 6 nitrogen and oxygen atoms in total. The van der Waals surface area contributed by atoms with Crippen molar-refractivity contribution in [1.29, 1.82) is 0 Å². The van der Waals surface area contributed by atoms with Crippen LogP contribution in [0.5, 0.6) is 5.75 Å². The van der Waals surface area contributed by atoms with Gasteiger partial charge in [-0.15, -0.1) is 0 Å². The molecule has 1 aromatic rings. The molecule has 3 N–H and O–H groups in total. The molecule has 2 rings (SSSR count). The highest BCUT2D eigenvalue weighted by molar-refractivity contribution is 5.78. The number of hydrogen-bond acceptors (Lipinski definition) is 4. The van der Waals surface area contributed by atoms with Crippen molar-refractivity contribution in [2.24, 2.45) is 10.7 Å². The summed E-state index contributed by atoms with van der Waals surface area (Å²) in [4.78, 5) is 7.04. The van der Waals surface area contributed by atoms with Crippen LogP contribution in [0.2, 0.25) is 0 Å². The van der Waals surface area contributed by atoms with Gasteiger partial charge in [-0.1, -0.05) is 18.2 Å². The van der Waals surface area contributed by atoms with Crippen molar-refractivity contribution in [2.45, 2.75) is 31.8 Å². The molecule has 2 atom stereocenters. The fraction of sp³-hybridized carbons (Fsp3) is 0.611. The third-order valence-electron chi connectivity index (χ3n) is 4.32. The summed E-state index contributed by atoms with van der Waals surface area (Å²) < 4.78 is 10.7. The van der Waals surface area contributed by atoms with Gasteiger partial charge in [0.2, 0.25) is 0 Å². The number of methoxy groups -OCH3 is 2. The molecule has 0 aliphatic carbocycles. The van der Waals surface area contributed by atoms with E-state index >= 15 is 0 Å². The van der Waals surface area contributed by atoms with E-state index in [1.54, 1.807) is 14.2 Å². The van der Waals surface area contributed by atoms with E-state index in [0.29, 0.717) is 19.1 Å². The molecule has 0 amide bonds. The van der Waals surface area contributed by atoms with Crippen LogP contribution in [0.1, 0.15) is 31.4 Å². The first-order valence-electron chi connectivity index (χ1n) is 8.58. The maximum absolute atomic E-state index is 6.03. The van der Waals surface area contributed by atoms with Crippen LogP contribution in [-0.4, -0.2) is 57.4 Å². The van der Waals surface area contributed by atoms with Crippen molar-refractivity contribution in [1.82, 2.24) is 10.2 Å². The van der Waals surface area contributed by atoms with E-state index in [1.165, 1.54) is 18.4 Å². The summed E-state index contributed by atoms with van der Waals surface area (Å²) >= 11 is 0. The molecule has 1 aliphatic heterocycles. The second-order valence-corrected chi connectivity index (χ2v) is 6.23. The average molecular weight is 334 g/mol. The summed E-state index contributed by atoms with van der Waals surface area (Å²) in [6.45, 7) is 5.40. The number of rotatable bonds is 8. The van der Waals surface area contributed by atoms with Crippen LogP contribution in [0, 0.1) is 0 Å². The van der Waals surface area contributed by atoms with Crippen molar-refractivity contribution in [3.05, 3.63) is 29.8 Å². The molecule has 0 saturated carbocycles. The van der Waals surface area contributed by atoms with Crippen molar-refractivity contribution in [3.63, 3.8) is 0 Å².